The standard InChI is InChI=1S/C24H22N2O3S2/c1-2-25-23(27)17-8-5-7-16(13-17)14-26-24(28)22-19(15-31-21-11-6-12-30-21)18-9-3-4-10-20(18)29-22/h3-13H,2,14-15H2,1H3,(H,25,27)(H,26,28). The molecule has 0 saturated heterocycles. The summed E-state index contributed by atoms with van der Waals surface area (Å²) in [5.41, 5.74) is 3.02. The van der Waals surface area contributed by atoms with Crippen LogP contribution in [0.2, 0.25) is 0 Å². The van der Waals surface area contributed by atoms with Gasteiger partial charge in [0.05, 0.1) is 4.21 Å². The van der Waals surface area contributed by atoms with Crippen molar-refractivity contribution < 1.29 is 14.0 Å². The van der Waals surface area contributed by atoms with Crippen molar-refractivity contribution in [1.29, 1.82) is 0 Å². The van der Waals surface area contributed by atoms with Crippen molar-refractivity contribution >= 4 is 45.9 Å². The van der Waals surface area contributed by atoms with Crippen molar-refractivity contribution in [3.63, 3.8) is 0 Å². The zero-order valence-corrected chi connectivity index (χ0v) is 18.6. The number of furan rings is 1. The van der Waals surface area contributed by atoms with Crippen LogP contribution in [0, 0.1) is 0 Å². The monoisotopic (exact) mass is 450 g/mol. The first kappa shape index (κ1) is 21.2. The fourth-order valence-corrected chi connectivity index (χ4v) is 5.07. The van der Waals surface area contributed by atoms with Gasteiger partial charge in [-0.25, -0.2) is 0 Å². The molecule has 2 heterocycles. The van der Waals surface area contributed by atoms with Gasteiger partial charge in [-0.3, -0.25) is 9.59 Å². The van der Waals surface area contributed by atoms with Crippen LogP contribution in [0.15, 0.2) is 74.7 Å². The van der Waals surface area contributed by atoms with E-state index in [-0.39, 0.29) is 11.8 Å². The van der Waals surface area contributed by atoms with Crippen LogP contribution >= 0.6 is 23.1 Å². The number of benzene rings is 2. The van der Waals surface area contributed by atoms with Crippen molar-refractivity contribution in [1.82, 2.24) is 10.6 Å². The van der Waals surface area contributed by atoms with Gasteiger partial charge in [0.2, 0.25) is 0 Å². The Balaban J connectivity index is 1.52. The number of thiophene rings is 1. The number of carbonyl (C=O) groups is 2. The van der Waals surface area contributed by atoms with E-state index in [9.17, 15) is 9.59 Å². The summed E-state index contributed by atoms with van der Waals surface area (Å²) in [5.74, 6) is 0.597. The summed E-state index contributed by atoms with van der Waals surface area (Å²) in [6, 6.07) is 19.0. The van der Waals surface area contributed by atoms with Crippen LogP contribution in [0.4, 0.5) is 0 Å². The van der Waals surface area contributed by atoms with E-state index in [0.29, 0.717) is 35.7 Å². The van der Waals surface area contributed by atoms with Crippen LogP contribution in [0.1, 0.15) is 39.0 Å². The molecule has 2 aromatic carbocycles. The van der Waals surface area contributed by atoms with Gasteiger partial charge in [0.1, 0.15) is 5.58 Å². The molecule has 0 atom stereocenters. The number of fused-ring (bicyclic) bond motifs is 1. The van der Waals surface area contributed by atoms with Gasteiger partial charge in [-0.15, -0.1) is 23.1 Å². The lowest BCUT2D eigenvalue weighted by Crippen LogP contribution is -2.24. The summed E-state index contributed by atoms with van der Waals surface area (Å²) in [6.45, 7) is 2.75. The number of nitrogens with one attached hydrogen (secondary N) is 2. The summed E-state index contributed by atoms with van der Waals surface area (Å²) in [4.78, 5) is 25.1. The Labute approximate surface area is 188 Å². The molecule has 0 aliphatic heterocycles. The third kappa shape index (κ3) is 5.00. The van der Waals surface area contributed by atoms with Crippen LogP contribution in [-0.2, 0) is 12.3 Å². The minimum absolute atomic E-state index is 0.124. The molecule has 0 saturated carbocycles. The Bertz CT molecular complexity index is 1200. The number of hydrogen-bond donors (Lipinski definition) is 2. The molecule has 4 aromatic rings. The number of para-hydroxylation sites is 1. The molecule has 0 unspecified atom stereocenters. The predicted molar refractivity (Wildman–Crippen MR) is 126 cm³/mol. The van der Waals surface area contributed by atoms with E-state index in [4.69, 9.17) is 4.42 Å². The largest absolute Gasteiger partial charge is 0.451 e. The Morgan fingerprint density at radius 2 is 1.87 bits per heavy atom. The van der Waals surface area contributed by atoms with Crippen LogP contribution in [-0.4, -0.2) is 18.4 Å². The van der Waals surface area contributed by atoms with Crippen molar-refractivity contribution in [2.45, 2.75) is 23.4 Å². The maximum absolute atomic E-state index is 13.0. The van der Waals surface area contributed by atoms with Crippen molar-refractivity contribution in [2.75, 3.05) is 6.54 Å². The summed E-state index contributed by atoms with van der Waals surface area (Å²) in [5, 5.41) is 8.72. The molecule has 31 heavy (non-hydrogen) atoms. The molecule has 2 amide bonds. The SMILES string of the molecule is CCNC(=O)c1cccc(CNC(=O)c2oc3ccccc3c2CSc2cccs2)c1. The summed E-state index contributed by atoms with van der Waals surface area (Å²) in [7, 11) is 0. The molecule has 2 N–H and O–H groups in total. The first-order valence-electron chi connectivity index (χ1n) is 9.97. The molecule has 4 rings (SSSR count). The third-order valence-electron chi connectivity index (χ3n) is 4.74. The highest BCUT2D eigenvalue weighted by atomic mass is 32.2. The van der Waals surface area contributed by atoms with Crippen molar-refractivity contribution in [3.8, 4) is 0 Å². The van der Waals surface area contributed by atoms with Gasteiger partial charge in [-0.05, 0) is 42.1 Å². The number of hydrogen-bond acceptors (Lipinski definition) is 5. The molecule has 0 spiro atoms. The first-order chi connectivity index (χ1) is 15.2. The zero-order valence-electron chi connectivity index (χ0n) is 17.0. The average molecular weight is 451 g/mol. The molecule has 2 aromatic heterocycles. The van der Waals surface area contributed by atoms with E-state index in [0.717, 1.165) is 16.5 Å². The lowest BCUT2D eigenvalue weighted by molar-refractivity contribution is 0.0923. The predicted octanol–water partition coefficient (Wildman–Crippen LogP) is 5.47. The van der Waals surface area contributed by atoms with Crippen LogP contribution in [0.25, 0.3) is 11.0 Å². The second-order valence-corrected chi connectivity index (χ2v) is 9.09. The summed E-state index contributed by atoms with van der Waals surface area (Å²) < 4.78 is 7.12. The lowest BCUT2D eigenvalue weighted by atomic mass is 10.1. The molecule has 0 fully saturated rings. The maximum atomic E-state index is 13.0. The molecule has 5 nitrogen and oxygen atoms in total. The Morgan fingerprint density at radius 3 is 2.68 bits per heavy atom. The smallest absolute Gasteiger partial charge is 0.287 e. The van der Waals surface area contributed by atoms with Crippen molar-refractivity contribution in [2.24, 2.45) is 0 Å². The minimum Gasteiger partial charge on any atom is -0.451 e. The zero-order chi connectivity index (χ0) is 21.6. The summed E-state index contributed by atoms with van der Waals surface area (Å²) >= 11 is 3.37. The highest BCUT2D eigenvalue weighted by Crippen LogP contribution is 2.33. The third-order valence-corrected chi connectivity index (χ3v) is 6.90. The number of thioether (sulfide) groups is 1. The fraction of sp³-hybridized carbons (Fsp3) is 0.167. The summed E-state index contributed by atoms with van der Waals surface area (Å²) in [6.07, 6.45) is 0. The van der Waals surface area contributed by atoms with Gasteiger partial charge in [-0.2, -0.15) is 0 Å². The molecule has 0 bridgehead atoms. The highest BCUT2D eigenvalue weighted by molar-refractivity contribution is 8.00. The second kappa shape index (κ2) is 9.85. The number of rotatable bonds is 8. The Morgan fingerprint density at radius 1 is 1.00 bits per heavy atom. The normalized spacial score (nSPS) is 10.9. The minimum atomic E-state index is -0.263. The molecule has 0 aliphatic rings. The molecule has 0 aliphatic carbocycles. The second-order valence-electron chi connectivity index (χ2n) is 6.87. The molecular weight excluding hydrogens is 428 g/mol. The first-order valence-corrected chi connectivity index (χ1v) is 11.8. The van der Waals surface area contributed by atoms with E-state index >= 15 is 0 Å². The van der Waals surface area contributed by atoms with E-state index in [1.165, 1.54) is 4.21 Å². The number of amides is 2. The highest BCUT2D eigenvalue weighted by Gasteiger charge is 2.20. The fourth-order valence-electron chi connectivity index (χ4n) is 3.26. The van der Waals surface area contributed by atoms with Gasteiger partial charge >= 0.3 is 0 Å². The van der Waals surface area contributed by atoms with E-state index in [1.807, 2.05) is 54.8 Å². The maximum Gasteiger partial charge on any atom is 0.287 e. The van der Waals surface area contributed by atoms with Gasteiger partial charge in [0, 0.05) is 35.4 Å². The van der Waals surface area contributed by atoms with Gasteiger partial charge in [0.15, 0.2) is 5.76 Å². The Kier molecular flexibility index (Phi) is 6.74. The van der Waals surface area contributed by atoms with Crippen LogP contribution in [0.3, 0.4) is 0 Å². The average Bonchev–Trinajstić information content (AvgIpc) is 3.44. The topological polar surface area (TPSA) is 71.3 Å². The van der Waals surface area contributed by atoms with Crippen LogP contribution < -0.4 is 10.6 Å². The lowest BCUT2D eigenvalue weighted by Gasteiger charge is -2.08. The van der Waals surface area contributed by atoms with Crippen molar-refractivity contribution in [3.05, 3.63) is 88.5 Å². The van der Waals surface area contributed by atoms with E-state index < -0.39 is 0 Å². The van der Waals surface area contributed by atoms with Gasteiger partial charge in [0.25, 0.3) is 11.8 Å². The quantitative estimate of drug-likeness (QED) is 0.349. The number of carbonyl (C=O) groups excluding carboxylic acids is 2. The molecule has 7 heteroatoms. The van der Waals surface area contributed by atoms with Gasteiger partial charge < -0.3 is 15.1 Å². The molecule has 158 valence electrons. The van der Waals surface area contributed by atoms with Crippen LogP contribution in [0.5, 0.6) is 0 Å². The van der Waals surface area contributed by atoms with E-state index in [1.54, 1.807) is 35.2 Å². The Hall–Kier alpha value is -3.03. The van der Waals surface area contributed by atoms with Gasteiger partial charge in [-0.1, -0.05) is 36.4 Å². The molecule has 0 radical (unpaired) electrons. The molecular formula is C24H22N2O3S2. The van der Waals surface area contributed by atoms with E-state index in [2.05, 4.69) is 16.7 Å².